The highest BCUT2D eigenvalue weighted by Gasteiger charge is 2.28. The Morgan fingerprint density at radius 2 is 1.83 bits per heavy atom. The van der Waals surface area contributed by atoms with Crippen molar-refractivity contribution in [3.8, 4) is 0 Å². The summed E-state index contributed by atoms with van der Waals surface area (Å²) < 4.78 is 28.9. The molecule has 2 rings (SSSR count). The molecular formula is C20H29ClN4O3S. The Morgan fingerprint density at radius 1 is 1.24 bits per heavy atom. The van der Waals surface area contributed by atoms with Crippen LogP contribution in [0.2, 0.25) is 5.02 Å². The molecule has 0 atom stereocenters. The summed E-state index contributed by atoms with van der Waals surface area (Å²) in [4.78, 5) is 12.8. The Labute approximate surface area is 178 Å². The minimum Gasteiger partial charge on any atom is -0.310 e. The molecule has 0 spiro atoms. The molecule has 0 aliphatic rings. The van der Waals surface area contributed by atoms with Gasteiger partial charge in [0.15, 0.2) is 0 Å². The molecule has 160 valence electrons. The highest BCUT2D eigenvalue weighted by molar-refractivity contribution is 7.89. The van der Waals surface area contributed by atoms with Gasteiger partial charge in [0.05, 0.1) is 17.1 Å². The summed E-state index contributed by atoms with van der Waals surface area (Å²) in [5.41, 5.74) is 0.672. The van der Waals surface area contributed by atoms with E-state index in [1.807, 2.05) is 34.6 Å². The van der Waals surface area contributed by atoms with E-state index < -0.39 is 15.9 Å². The first-order chi connectivity index (χ1) is 13.3. The van der Waals surface area contributed by atoms with Crippen LogP contribution in [0.1, 0.15) is 40.3 Å². The summed E-state index contributed by atoms with van der Waals surface area (Å²) in [6.07, 6.45) is 0. The number of hydrogen-bond acceptors (Lipinski definition) is 4. The third kappa shape index (κ3) is 6.04. The standard InChI is InChI=1S/C20H29ClN4O3S/c1-14(2)12-25(29(27,28)16-9-7-15(21)8-10-16)13-19(26)22-18-11-17(20(3,4)5)23-24(18)6/h7-11,14H,12-13H2,1-6H3,(H,22,26). The summed E-state index contributed by atoms with van der Waals surface area (Å²) in [5.74, 6) is 0.147. The monoisotopic (exact) mass is 440 g/mol. The van der Waals surface area contributed by atoms with Gasteiger partial charge in [0.2, 0.25) is 15.9 Å². The smallest absolute Gasteiger partial charge is 0.243 e. The van der Waals surface area contributed by atoms with Crippen LogP contribution in [0.25, 0.3) is 0 Å². The Hall–Kier alpha value is -1.90. The fourth-order valence-corrected chi connectivity index (χ4v) is 4.39. The van der Waals surface area contributed by atoms with Gasteiger partial charge in [-0.3, -0.25) is 9.48 Å². The predicted molar refractivity (Wildman–Crippen MR) is 116 cm³/mol. The number of halogens is 1. The maximum Gasteiger partial charge on any atom is 0.243 e. The van der Waals surface area contributed by atoms with Crippen molar-refractivity contribution in [1.82, 2.24) is 14.1 Å². The van der Waals surface area contributed by atoms with Gasteiger partial charge in [-0.1, -0.05) is 46.2 Å². The highest BCUT2D eigenvalue weighted by Crippen LogP contribution is 2.24. The van der Waals surface area contributed by atoms with E-state index in [4.69, 9.17) is 11.6 Å². The molecule has 1 aromatic heterocycles. The van der Waals surface area contributed by atoms with E-state index in [2.05, 4.69) is 10.4 Å². The summed E-state index contributed by atoms with van der Waals surface area (Å²) in [6.45, 7) is 9.83. The van der Waals surface area contributed by atoms with E-state index in [0.717, 1.165) is 5.69 Å². The third-order valence-electron chi connectivity index (χ3n) is 4.26. The lowest BCUT2D eigenvalue weighted by Gasteiger charge is -2.23. The number of amides is 1. The molecule has 9 heteroatoms. The second kappa shape index (κ2) is 8.85. The van der Waals surface area contributed by atoms with Crippen LogP contribution in [0.15, 0.2) is 35.2 Å². The first-order valence-corrected chi connectivity index (χ1v) is 11.2. The molecule has 0 saturated carbocycles. The molecule has 2 aromatic rings. The molecule has 1 amide bonds. The summed E-state index contributed by atoms with van der Waals surface area (Å²) in [6, 6.07) is 7.73. The van der Waals surface area contributed by atoms with E-state index in [1.165, 1.54) is 28.6 Å². The van der Waals surface area contributed by atoms with Gasteiger partial charge < -0.3 is 5.32 Å². The lowest BCUT2D eigenvalue weighted by atomic mass is 9.92. The number of rotatable bonds is 7. The van der Waals surface area contributed by atoms with Gasteiger partial charge in [0.1, 0.15) is 5.82 Å². The zero-order valence-corrected chi connectivity index (χ0v) is 19.3. The summed E-state index contributed by atoms with van der Waals surface area (Å²) in [7, 11) is -2.10. The Kier molecular flexibility index (Phi) is 7.14. The van der Waals surface area contributed by atoms with Crippen LogP contribution in [0, 0.1) is 5.92 Å². The van der Waals surface area contributed by atoms with Crippen molar-refractivity contribution >= 4 is 33.3 Å². The predicted octanol–water partition coefficient (Wildman–Crippen LogP) is 3.66. The number of carbonyl (C=O) groups is 1. The van der Waals surface area contributed by atoms with Crippen molar-refractivity contribution in [3.05, 3.63) is 41.0 Å². The first-order valence-electron chi connectivity index (χ1n) is 9.41. The second-order valence-electron chi connectivity index (χ2n) is 8.48. The number of nitrogens with zero attached hydrogens (tertiary/aromatic N) is 3. The number of aromatic nitrogens is 2. The van der Waals surface area contributed by atoms with Crippen LogP contribution in [-0.4, -0.2) is 41.5 Å². The van der Waals surface area contributed by atoms with Crippen LogP contribution in [0.4, 0.5) is 5.82 Å². The molecule has 29 heavy (non-hydrogen) atoms. The topological polar surface area (TPSA) is 84.3 Å². The fourth-order valence-electron chi connectivity index (χ4n) is 2.70. The fraction of sp³-hybridized carbons (Fsp3) is 0.500. The Balaban J connectivity index is 2.23. The van der Waals surface area contributed by atoms with E-state index in [9.17, 15) is 13.2 Å². The zero-order chi connectivity index (χ0) is 22.0. The van der Waals surface area contributed by atoms with Crippen LogP contribution in [0.3, 0.4) is 0 Å². The lowest BCUT2D eigenvalue weighted by molar-refractivity contribution is -0.116. The number of anilines is 1. The van der Waals surface area contributed by atoms with Crippen molar-refractivity contribution < 1.29 is 13.2 Å². The number of aryl methyl sites for hydroxylation is 1. The van der Waals surface area contributed by atoms with E-state index >= 15 is 0 Å². The Bertz CT molecular complexity index is 961. The molecule has 0 unspecified atom stereocenters. The normalized spacial score (nSPS) is 12.6. The molecule has 1 N–H and O–H groups in total. The van der Waals surface area contributed by atoms with Crippen LogP contribution < -0.4 is 5.32 Å². The van der Waals surface area contributed by atoms with Crippen molar-refractivity contribution in [2.75, 3.05) is 18.4 Å². The van der Waals surface area contributed by atoms with Crippen molar-refractivity contribution in [1.29, 1.82) is 0 Å². The van der Waals surface area contributed by atoms with Gasteiger partial charge in [0.25, 0.3) is 0 Å². The number of hydrogen-bond donors (Lipinski definition) is 1. The van der Waals surface area contributed by atoms with Crippen LogP contribution >= 0.6 is 11.6 Å². The quantitative estimate of drug-likeness (QED) is 0.712. The molecule has 0 radical (unpaired) electrons. The average molecular weight is 441 g/mol. The largest absolute Gasteiger partial charge is 0.310 e. The van der Waals surface area contributed by atoms with Gasteiger partial charge >= 0.3 is 0 Å². The van der Waals surface area contributed by atoms with Gasteiger partial charge in [-0.25, -0.2) is 8.42 Å². The van der Waals surface area contributed by atoms with E-state index in [-0.39, 0.29) is 29.3 Å². The molecule has 0 bridgehead atoms. The third-order valence-corrected chi connectivity index (χ3v) is 6.33. The molecule has 0 fully saturated rings. The van der Waals surface area contributed by atoms with Crippen LogP contribution in [0.5, 0.6) is 0 Å². The molecule has 0 aliphatic carbocycles. The molecule has 0 saturated heterocycles. The highest BCUT2D eigenvalue weighted by atomic mass is 35.5. The molecule has 1 heterocycles. The minimum absolute atomic E-state index is 0.0501. The maximum absolute atomic E-state index is 13.1. The van der Waals surface area contributed by atoms with E-state index in [0.29, 0.717) is 10.8 Å². The second-order valence-corrected chi connectivity index (χ2v) is 10.9. The SMILES string of the molecule is CC(C)CN(CC(=O)Nc1cc(C(C)(C)C)nn1C)S(=O)(=O)c1ccc(Cl)cc1. The molecule has 7 nitrogen and oxygen atoms in total. The Morgan fingerprint density at radius 3 is 2.31 bits per heavy atom. The van der Waals surface area contributed by atoms with Gasteiger partial charge in [-0.15, -0.1) is 0 Å². The molecule has 1 aromatic carbocycles. The lowest BCUT2D eigenvalue weighted by Crippen LogP contribution is -2.40. The van der Waals surface area contributed by atoms with Gasteiger partial charge in [-0.2, -0.15) is 9.40 Å². The number of benzene rings is 1. The number of carbonyl (C=O) groups excluding carboxylic acids is 1. The first kappa shape index (κ1) is 23.4. The molecular weight excluding hydrogens is 412 g/mol. The number of sulfonamides is 1. The molecule has 0 aliphatic heterocycles. The minimum atomic E-state index is -3.84. The van der Waals surface area contributed by atoms with Crippen molar-refractivity contribution in [2.24, 2.45) is 13.0 Å². The maximum atomic E-state index is 13.1. The van der Waals surface area contributed by atoms with Crippen molar-refractivity contribution in [3.63, 3.8) is 0 Å². The summed E-state index contributed by atoms with van der Waals surface area (Å²) >= 11 is 5.87. The van der Waals surface area contributed by atoms with Gasteiger partial charge in [-0.05, 0) is 30.2 Å². The zero-order valence-electron chi connectivity index (χ0n) is 17.7. The van der Waals surface area contributed by atoms with Gasteiger partial charge in [0, 0.05) is 30.1 Å². The van der Waals surface area contributed by atoms with E-state index in [1.54, 1.807) is 17.8 Å². The van der Waals surface area contributed by atoms with Crippen molar-refractivity contribution in [2.45, 2.75) is 44.9 Å². The van der Waals surface area contributed by atoms with Crippen LogP contribution in [-0.2, 0) is 27.3 Å². The number of nitrogens with one attached hydrogen (secondary N) is 1. The summed E-state index contributed by atoms with van der Waals surface area (Å²) in [5, 5.41) is 7.65. The average Bonchev–Trinajstić information content (AvgIpc) is 2.95.